The molecule has 4 heteroatoms. The van der Waals surface area contributed by atoms with Gasteiger partial charge in [-0.1, -0.05) is 12.1 Å². The lowest BCUT2D eigenvalue weighted by Gasteiger charge is -2.32. The summed E-state index contributed by atoms with van der Waals surface area (Å²) >= 11 is 0. The molecule has 0 fully saturated rings. The van der Waals surface area contributed by atoms with Gasteiger partial charge in [0, 0.05) is 12.1 Å². The molecular weight excluding hydrogens is 228 g/mol. The SMILES string of the molecule is CN(C)C(C)(C)CNC(=O)Cc1cccc(O)c1. The molecule has 0 bridgehead atoms. The molecule has 0 saturated heterocycles. The largest absolute Gasteiger partial charge is 0.508 e. The van der Waals surface area contributed by atoms with Crippen molar-refractivity contribution < 1.29 is 9.90 Å². The van der Waals surface area contributed by atoms with Crippen LogP contribution < -0.4 is 5.32 Å². The van der Waals surface area contributed by atoms with E-state index >= 15 is 0 Å². The second-order valence-corrected chi connectivity index (χ2v) is 5.33. The Kier molecular flexibility index (Phi) is 4.73. The van der Waals surface area contributed by atoms with Crippen LogP contribution in [0, 0.1) is 0 Å². The topological polar surface area (TPSA) is 52.6 Å². The molecule has 0 radical (unpaired) electrons. The molecule has 0 heterocycles. The Morgan fingerprint density at radius 2 is 2.06 bits per heavy atom. The number of rotatable bonds is 5. The van der Waals surface area contributed by atoms with E-state index in [4.69, 9.17) is 0 Å². The number of benzene rings is 1. The van der Waals surface area contributed by atoms with Gasteiger partial charge in [-0.05, 0) is 45.6 Å². The highest BCUT2D eigenvalue weighted by molar-refractivity contribution is 5.78. The number of likely N-dealkylation sites (N-methyl/N-ethyl adjacent to an activating group) is 1. The standard InChI is InChI=1S/C14H22N2O2/c1-14(2,16(3)4)10-15-13(18)9-11-6-5-7-12(17)8-11/h5-8,17H,9-10H2,1-4H3,(H,15,18). The van der Waals surface area contributed by atoms with Crippen LogP contribution in [0.3, 0.4) is 0 Å². The molecule has 1 aromatic carbocycles. The van der Waals surface area contributed by atoms with Gasteiger partial charge in [0.15, 0.2) is 0 Å². The summed E-state index contributed by atoms with van der Waals surface area (Å²) < 4.78 is 0. The number of hydrogen-bond donors (Lipinski definition) is 2. The van der Waals surface area contributed by atoms with Gasteiger partial charge >= 0.3 is 0 Å². The van der Waals surface area contributed by atoms with Gasteiger partial charge in [0.25, 0.3) is 0 Å². The zero-order chi connectivity index (χ0) is 13.8. The Balaban J connectivity index is 2.48. The van der Waals surface area contributed by atoms with E-state index in [1.807, 2.05) is 20.2 Å². The first kappa shape index (κ1) is 14.5. The van der Waals surface area contributed by atoms with E-state index in [1.165, 1.54) is 0 Å². The van der Waals surface area contributed by atoms with E-state index < -0.39 is 0 Å². The average Bonchev–Trinajstić information content (AvgIpc) is 2.26. The number of aromatic hydroxyl groups is 1. The first-order chi connectivity index (χ1) is 8.31. The second-order valence-electron chi connectivity index (χ2n) is 5.33. The lowest BCUT2D eigenvalue weighted by Crippen LogP contribution is -2.48. The smallest absolute Gasteiger partial charge is 0.224 e. The summed E-state index contributed by atoms with van der Waals surface area (Å²) in [5.74, 6) is 0.157. The fourth-order valence-corrected chi connectivity index (χ4v) is 1.39. The highest BCUT2D eigenvalue weighted by Gasteiger charge is 2.20. The number of nitrogens with one attached hydrogen (secondary N) is 1. The quantitative estimate of drug-likeness (QED) is 0.830. The molecule has 0 aromatic heterocycles. The maximum Gasteiger partial charge on any atom is 0.224 e. The van der Waals surface area contributed by atoms with Crippen LogP contribution in [0.25, 0.3) is 0 Å². The lowest BCUT2D eigenvalue weighted by molar-refractivity contribution is -0.120. The summed E-state index contributed by atoms with van der Waals surface area (Å²) in [6, 6.07) is 6.77. The van der Waals surface area contributed by atoms with Crippen molar-refractivity contribution in [3.8, 4) is 5.75 Å². The van der Waals surface area contributed by atoms with E-state index in [2.05, 4.69) is 24.1 Å². The van der Waals surface area contributed by atoms with Crippen LogP contribution in [0.1, 0.15) is 19.4 Å². The Morgan fingerprint density at radius 1 is 1.39 bits per heavy atom. The zero-order valence-corrected chi connectivity index (χ0v) is 11.5. The van der Waals surface area contributed by atoms with E-state index in [-0.39, 0.29) is 23.6 Å². The molecular formula is C14H22N2O2. The van der Waals surface area contributed by atoms with E-state index in [0.717, 1.165) is 5.56 Å². The summed E-state index contributed by atoms with van der Waals surface area (Å²) in [6.45, 7) is 4.74. The summed E-state index contributed by atoms with van der Waals surface area (Å²) in [4.78, 5) is 13.9. The molecule has 0 saturated carbocycles. The summed E-state index contributed by atoms with van der Waals surface area (Å²) in [6.07, 6.45) is 0.290. The zero-order valence-electron chi connectivity index (χ0n) is 11.5. The molecule has 1 amide bonds. The number of hydrogen-bond acceptors (Lipinski definition) is 3. The molecule has 2 N–H and O–H groups in total. The van der Waals surface area contributed by atoms with Gasteiger partial charge in [-0.2, -0.15) is 0 Å². The molecule has 0 aliphatic rings. The Hall–Kier alpha value is -1.55. The van der Waals surface area contributed by atoms with Gasteiger partial charge in [-0.15, -0.1) is 0 Å². The van der Waals surface area contributed by atoms with Crippen LogP contribution >= 0.6 is 0 Å². The van der Waals surface area contributed by atoms with Crippen molar-refractivity contribution in [3.05, 3.63) is 29.8 Å². The van der Waals surface area contributed by atoms with Gasteiger partial charge in [0.1, 0.15) is 5.75 Å². The predicted octanol–water partition coefficient (Wildman–Crippen LogP) is 1.39. The fourth-order valence-electron chi connectivity index (χ4n) is 1.39. The monoisotopic (exact) mass is 250 g/mol. The minimum Gasteiger partial charge on any atom is -0.508 e. The highest BCUT2D eigenvalue weighted by atomic mass is 16.3. The summed E-state index contributed by atoms with van der Waals surface area (Å²) in [5, 5.41) is 12.2. The maximum absolute atomic E-state index is 11.8. The third-order valence-electron chi connectivity index (χ3n) is 3.20. The number of phenolic OH excluding ortho intramolecular Hbond substituents is 1. The molecule has 0 spiro atoms. The normalized spacial score (nSPS) is 11.6. The van der Waals surface area contributed by atoms with Crippen molar-refractivity contribution in [2.45, 2.75) is 25.8 Å². The number of phenols is 1. The Bertz CT molecular complexity index is 414. The van der Waals surface area contributed by atoms with Crippen LogP contribution in [-0.4, -0.2) is 42.1 Å². The van der Waals surface area contributed by atoms with Crippen molar-refractivity contribution in [1.82, 2.24) is 10.2 Å². The van der Waals surface area contributed by atoms with Crippen LogP contribution in [-0.2, 0) is 11.2 Å². The van der Waals surface area contributed by atoms with E-state index in [9.17, 15) is 9.90 Å². The molecule has 18 heavy (non-hydrogen) atoms. The average molecular weight is 250 g/mol. The lowest BCUT2D eigenvalue weighted by atomic mass is 10.0. The van der Waals surface area contributed by atoms with Crippen LogP contribution in [0.4, 0.5) is 0 Å². The molecule has 100 valence electrons. The maximum atomic E-state index is 11.8. The van der Waals surface area contributed by atoms with Crippen molar-refractivity contribution in [1.29, 1.82) is 0 Å². The third kappa shape index (κ3) is 4.37. The fraction of sp³-hybridized carbons (Fsp3) is 0.500. The molecule has 0 aliphatic carbocycles. The molecule has 1 rings (SSSR count). The van der Waals surface area contributed by atoms with Crippen LogP contribution in [0.2, 0.25) is 0 Å². The molecule has 0 aliphatic heterocycles. The second kappa shape index (κ2) is 5.87. The first-order valence-electron chi connectivity index (χ1n) is 6.03. The van der Waals surface area contributed by atoms with Crippen LogP contribution in [0.15, 0.2) is 24.3 Å². The third-order valence-corrected chi connectivity index (χ3v) is 3.20. The summed E-state index contributed by atoms with van der Waals surface area (Å²) in [5.41, 5.74) is 0.740. The van der Waals surface area contributed by atoms with Gasteiger partial charge in [0.2, 0.25) is 5.91 Å². The molecule has 0 atom stereocenters. The Labute approximate surface area is 109 Å². The molecule has 4 nitrogen and oxygen atoms in total. The van der Waals surface area contributed by atoms with Crippen molar-refractivity contribution in [2.24, 2.45) is 0 Å². The van der Waals surface area contributed by atoms with Gasteiger partial charge in [-0.25, -0.2) is 0 Å². The number of carbonyl (C=O) groups is 1. The minimum absolute atomic E-state index is 0.0319. The molecule has 0 unspecified atom stereocenters. The van der Waals surface area contributed by atoms with Gasteiger partial charge < -0.3 is 15.3 Å². The van der Waals surface area contributed by atoms with Crippen molar-refractivity contribution in [3.63, 3.8) is 0 Å². The Morgan fingerprint density at radius 3 is 2.61 bits per heavy atom. The summed E-state index contributed by atoms with van der Waals surface area (Å²) in [7, 11) is 3.97. The minimum atomic E-state index is -0.0749. The number of amides is 1. The van der Waals surface area contributed by atoms with Crippen molar-refractivity contribution in [2.75, 3.05) is 20.6 Å². The predicted molar refractivity (Wildman–Crippen MR) is 72.6 cm³/mol. The van der Waals surface area contributed by atoms with Gasteiger partial charge in [0.05, 0.1) is 6.42 Å². The number of nitrogens with zero attached hydrogens (tertiary/aromatic N) is 1. The van der Waals surface area contributed by atoms with Crippen LogP contribution in [0.5, 0.6) is 5.75 Å². The number of carbonyl (C=O) groups excluding carboxylic acids is 1. The van der Waals surface area contributed by atoms with E-state index in [1.54, 1.807) is 18.2 Å². The van der Waals surface area contributed by atoms with Gasteiger partial charge in [-0.3, -0.25) is 4.79 Å². The highest BCUT2D eigenvalue weighted by Crippen LogP contribution is 2.12. The van der Waals surface area contributed by atoms with Crippen molar-refractivity contribution >= 4 is 5.91 Å². The van der Waals surface area contributed by atoms with E-state index in [0.29, 0.717) is 6.54 Å². The first-order valence-corrected chi connectivity index (χ1v) is 6.03. The molecule has 1 aromatic rings.